The van der Waals surface area contributed by atoms with Gasteiger partial charge in [0.25, 0.3) is 0 Å². The van der Waals surface area contributed by atoms with Gasteiger partial charge >= 0.3 is 0 Å². The molecule has 0 saturated carbocycles. The van der Waals surface area contributed by atoms with E-state index in [0.717, 1.165) is 22.1 Å². The minimum Gasteiger partial charge on any atom is -0.455 e. The van der Waals surface area contributed by atoms with Crippen molar-refractivity contribution >= 4 is 21.9 Å². The van der Waals surface area contributed by atoms with Gasteiger partial charge in [-0.15, -0.1) is 0 Å². The fourth-order valence-corrected chi connectivity index (χ4v) is 3.65. The molecular weight excluding hydrogens is 316 g/mol. The van der Waals surface area contributed by atoms with E-state index in [1.54, 1.807) is 0 Å². The minimum absolute atomic E-state index is 0.930. The summed E-state index contributed by atoms with van der Waals surface area (Å²) in [6, 6.07) is 31.8. The van der Waals surface area contributed by atoms with Crippen molar-refractivity contribution in [2.45, 2.75) is 6.92 Å². The van der Waals surface area contributed by atoms with E-state index in [0.29, 0.717) is 0 Å². The first-order chi connectivity index (χ1) is 12.8. The number of aryl methyl sites for hydroxylation is 1. The van der Waals surface area contributed by atoms with E-state index in [1.807, 2.05) is 18.2 Å². The zero-order valence-corrected chi connectivity index (χ0v) is 14.6. The van der Waals surface area contributed by atoms with Gasteiger partial charge in [-0.25, -0.2) is 0 Å². The van der Waals surface area contributed by atoms with E-state index in [-0.39, 0.29) is 0 Å². The van der Waals surface area contributed by atoms with Gasteiger partial charge in [-0.3, -0.25) is 0 Å². The fourth-order valence-electron chi connectivity index (χ4n) is 3.65. The Labute approximate surface area is 152 Å². The Bertz CT molecular complexity index is 1210. The predicted octanol–water partition coefficient (Wildman–Crippen LogP) is 7.23. The first-order valence-electron chi connectivity index (χ1n) is 8.88. The zero-order chi connectivity index (χ0) is 17.5. The van der Waals surface area contributed by atoms with Crippen molar-refractivity contribution in [3.05, 3.63) is 96.6 Å². The predicted molar refractivity (Wildman–Crippen MR) is 109 cm³/mol. The van der Waals surface area contributed by atoms with Crippen molar-refractivity contribution in [3.8, 4) is 22.3 Å². The molecule has 1 aromatic heterocycles. The molecule has 0 amide bonds. The number of para-hydroxylation sites is 1. The monoisotopic (exact) mass is 334 g/mol. The topological polar surface area (TPSA) is 13.1 Å². The second kappa shape index (κ2) is 5.89. The van der Waals surface area contributed by atoms with Gasteiger partial charge in [0, 0.05) is 16.3 Å². The largest absolute Gasteiger partial charge is 0.455 e. The number of hydrogen-bond acceptors (Lipinski definition) is 1. The summed E-state index contributed by atoms with van der Waals surface area (Å²) in [5.74, 6) is 0. The summed E-state index contributed by atoms with van der Waals surface area (Å²) in [7, 11) is 0. The van der Waals surface area contributed by atoms with E-state index in [4.69, 9.17) is 4.42 Å². The minimum atomic E-state index is 0.930. The molecule has 26 heavy (non-hydrogen) atoms. The number of fused-ring (bicyclic) bond motifs is 3. The van der Waals surface area contributed by atoms with Crippen LogP contribution >= 0.6 is 0 Å². The van der Waals surface area contributed by atoms with Crippen LogP contribution in [0.3, 0.4) is 0 Å². The van der Waals surface area contributed by atoms with Crippen LogP contribution < -0.4 is 0 Å². The van der Waals surface area contributed by atoms with Gasteiger partial charge in [0.2, 0.25) is 0 Å². The van der Waals surface area contributed by atoms with Gasteiger partial charge in [0.05, 0.1) is 0 Å². The Balaban J connectivity index is 1.89. The van der Waals surface area contributed by atoms with E-state index >= 15 is 0 Å². The highest BCUT2D eigenvalue weighted by Gasteiger charge is 2.16. The van der Waals surface area contributed by atoms with Crippen LogP contribution in [0.25, 0.3) is 44.2 Å². The smallest absolute Gasteiger partial charge is 0.143 e. The van der Waals surface area contributed by atoms with Crippen molar-refractivity contribution in [3.63, 3.8) is 0 Å². The van der Waals surface area contributed by atoms with Crippen LogP contribution in [0, 0.1) is 6.92 Å². The third kappa shape index (κ3) is 2.33. The summed E-state index contributed by atoms with van der Waals surface area (Å²) in [6.45, 7) is 2.12. The second-order valence-corrected chi connectivity index (χ2v) is 6.70. The van der Waals surface area contributed by atoms with Crippen LogP contribution in [0.5, 0.6) is 0 Å². The molecule has 1 nitrogen and oxygen atoms in total. The number of benzene rings is 4. The summed E-state index contributed by atoms with van der Waals surface area (Å²) in [5, 5.41) is 2.35. The molecule has 0 spiro atoms. The molecule has 0 aliphatic carbocycles. The Morgan fingerprint density at radius 3 is 2.04 bits per heavy atom. The second-order valence-electron chi connectivity index (χ2n) is 6.70. The number of rotatable bonds is 2. The lowest BCUT2D eigenvalue weighted by molar-refractivity contribution is 0.670. The van der Waals surface area contributed by atoms with E-state index in [1.165, 1.54) is 27.6 Å². The van der Waals surface area contributed by atoms with Crippen molar-refractivity contribution in [2.75, 3.05) is 0 Å². The van der Waals surface area contributed by atoms with Crippen LogP contribution in [0.1, 0.15) is 5.56 Å². The van der Waals surface area contributed by atoms with Crippen molar-refractivity contribution in [1.82, 2.24) is 0 Å². The third-order valence-corrected chi connectivity index (χ3v) is 4.97. The molecule has 0 bridgehead atoms. The third-order valence-electron chi connectivity index (χ3n) is 4.97. The number of hydrogen-bond donors (Lipinski definition) is 0. The molecule has 0 atom stereocenters. The van der Waals surface area contributed by atoms with Gasteiger partial charge in [-0.05, 0) is 35.7 Å². The molecule has 0 radical (unpaired) electrons. The molecule has 0 N–H and O–H groups in total. The zero-order valence-electron chi connectivity index (χ0n) is 14.6. The van der Waals surface area contributed by atoms with Crippen LogP contribution in [0.2, 0.25) is 0 Å². The molecule has 4 aromatic carbocycles. The molecule has 5 aromatic rings. The van der Waals surface area contributed by atoms with Gasteiger partial charge in [0.15, 0.2) is 0 Å². The molecular formula is C25H18O. The van der Waals surface area contributed by atoms with E-state index in [9.17, 15) is 0 Å². The van der Waals surface area contributed by atoms with Crippen LogP contribution in [-0.4, -0.2) is 0 Å². The lowest BCUT2D eigenvalue weighted by atomic mass is 9.94. The number of furan rings is 1. The lowest BCUT2D eigenvalue weighted by Gasteiger charge is -2.08. The average Bonchev–Trinajstić information content (AvgIpc) is 3.08. The molecule has 0 unspecified atom stereocenters. The van der Waals surface area contributed by atoms with E-state index in [2.05, 4.69) is 79.7 Å². The van der Waals surface area contributed by atoms with Crippen molar-refractivity contribution < 1.29 is 4.42 Å². The Kier molecular flexibility index (Phi) is 3.39. The maximum absolute atomic E-state index is 6.32. The highest BCUT2D eigenvalue weighted by atomic mass is 16.3. The average molecular weight is 334 g/mol. The normalized spacial score (nSPS) is 11.3. The standard InChI is InChI=1S/C25H18O/c1-17-11-13-19(14-12-17)20-15-16-21(18-7-3-2-4-8-18)25-24(20)22-9-5-6-10-23(22)26-25/h2-16H,1H3. The van der Waals surface area contributed by atoms with Gasteiger partial charge in [-0.2, -0.15) is 0 Å². The van der Waals surface area contributed by atoms with Crippen LogP contribution in [0.15, 0.2) is 95.4 Å². The van der Waals surface area contributed by atoms with Crippen molar-refractivity contribution in [1.29, 1.82) is 0 Å². The Hall–Kier alpha value is -3.32. The Morgan fingerprint density at radius 2 is 1.23 bits per heavy atom. The van der Waals surface area contributed by atoms with Gasteiger partial charge < -0.3 is 4.42 Å². The van der Waals surface area contributed by atoms with Gasteiger partial charge in [-0.1, -0.05) is 84.4 Å². The molecule has 1 heteroatoms. The van der Waals surface area contributed by atoms with Crippen LogP contribution in [-0.2, 0) is 0 Å². The van der Waals surface area contributed by atoms with E-state index < -0.39 is 0 Å². The first-order valence-corrected chi connectivity index (χ1v) is 8.88. The molecule has 0 aliphatic heterocycles. The lowest BCUT2D eigenvalue weighted by Crippen LogP contribution is -1.84. The molecule has 1 heterocycles. The Morgan fingerprint density at radius 1 is 0.577 bits per heavy atom. The summed E-state index contributed by atoms with van der Waals surface area (Å²) < 4.78 is 6.32. The SMILES string of the molecule is Cc1ccc(-c2ccc(-c3ccccc3)c3oc4ccccc4c23)cc1. The van der Waals surface area contributed by atoms with Crippen molar-refractivity contribution in [2.24, 2.45) is 0 Å². The maximum Gasteiger partial charge on any atom is 0.143 e. The summed E-state index contributed by atoms with van der Waals surface area (Å²) in [5.41, 5.74) is 7.88. The summed E-state index contributed by atoms with van der Waals surface area (Å²) >= 11 is 0. The summed E-state index contributed by atoms with van der Waals surface area (Å²) in [6.07, 6.45) is 0. The quantitative estimate of drug-likeness (QED) is 0.332. The first kappa shape index (κ1) is 15.0. The fraction of sp³-hybridized carbons (Fsp3) is 0.0400. The van der Waals surface area contributed by atoms with Crippen LogP contribution in [0.4, 0.5) is 0 Å². The van der Waals surface area contributed by atoms with Gasteiger partial charge in [0.1, 0.15) is 11.2 Å². The highest BCUT2D eigenvalue weighted by Crippen LogP contribution is 2.41. The maximum atomic E-state index is 6.32. The molecule has 5 rings (SSSR count). The molecule has 124 valence electrons. The molecule has 0 saturated heterocycles. The molecule has 0 aliphatic rings. The highest BCUT2D eigenvalue weighted by molar-refractivity contribution is 6.16. The molecule has 0 fully saturated rings. The summed E-state index contributed by atoms with van der Waals surface area (Å²) in [4.78, 5) is 0.